The van der Waals surface area contributed by atoms with Gasteiger partial charge in [-0.3, -0.25) is 4.18 Å². The van der Waals surface area contributed by atoms with Crippen LogP contribution in [0.4, 0.5) is 0 Å². The van der Waals surface area contributed by atoms with Gasteiger partial charge in [-0.1, -0.05) is 12.1 Å². The molecule has 2 aromatic rings. The highest BCUT2D eigenvalue weighted by Gasteiger charge is 2.27. The third kappa shape index (κ3) is 5.01. The molecule has 148 valence electrons. The van der Waals surface area contributed by atoms with Crippen molar-refractivity contribution in [1.29, 1.82) is 0 Å². The molecule has 0 saturated heterocycles. The van der Waals surface area contributed by atoms with Crippen molar-refractivity contribution in [2.24, 2.45) is 5.92 Å². The quantitative estimate of drug-likeness (QED) is 0.479. The Labute approximate surface area is 159 Å². The van der Waals surface area contributed by atoms with Gasteiger partial charge in [0.05, 0.1) is 18.4 Å². The number of esters is 1. The van der Waals surface area contributed by atoms with E-state index in [1.807, 2.05) is 28.8 Å². The molecule has 0 radical (unpaired) electrons. The molecule has 27 heavy (non-hydrogen) atoms. The highest BCUT2D eigenvalue weighted by Crippen LogP contribution is 2.36. The first-order valence-electron chi connectivity index (χ1n) is 9.09. The van der Waals surface area contributed by atoms with E-state index in [1.54, 1.807) is 13.8 Å². The molecule has 1 aromatic heterocycles. The summed E-state index contributed by atoms with van der Waals surface area (Å²) >= 11 is 0. The Morgan fingerprint density at radius 2 is 2.07 bits per heavy atom. The maximum absolute atomic E-state index is 12.4. The fourth-order valence-electron chi connectivity index (χ4n) is 2.98. The van der Waals surface area contributed by atoms with Crippen LogP contribution in [-0.4, -0.2) is 44.5 Å². The molecular weight excluding hydrogens is 370 g/mol. The SMILES string of the molecule is CCOC(=O)c1cc2cccc(O[C@H](C)COS(C)(=O)=O)c2n1CC1CC1. The number of ether oxygens (including phenoxy) is 2. The van der Waals surface area contributed by atoms with Crippen molar-refractivity contribution in [3.05, 3.63) is 30.0 Å². The number of hydrogen-bond donors (Lipinski definition) is 0. The number of carbonyl (C=O) groups is 1. The molecule has 7 nitrogen and oxygen atoms in total. The molecule has 1 aliphatic rings. The highest BCUT2D eigenvalue weighted by atomic mass is 32.2. The second kappa shape index (κ2) is 7.90. The predicted octanol–water partition coefficient (Wildman–Crippen LogP) is 2.97. The monoisotopic (exact) mass is 395 g/mol. The van der Waals surface area contributed by atoms with E-state index in [9.17, 15) is 13.2 Å². The molecule has 1 saturated carbocycles. The zero-order valence-electron chi connectivity index (χ0n) is 15.8. The smallest absolute Gasteiger partial charge is 0.354 e. The third-order valence-corrected chi connectivity index (χ3v) is 4.91. The van der Waals surface area contributed by atoms with Crippen LogP contribution in [0.3, 0.4) is 0 Å². The van der Waals surface area contributed by atoms with E-state index in [-0.39, 0.29) is 12.6 Å². The van der Waals surface area contributed by atoms with E-state index >= 15 is 0 Å². The van der Waals surface area contributed by atoms with Crippen LogP contribution in [0.1, 0.15) is 37.2 Å². The van der Waals surface area contributed by atoms with Crippen molar-refractivity contribution < 1.29 is 26.9 Å². The molecule has 1 atom stereocenters. The number of nitrogens with zero attached hydrogens (tertiary/aromatic N) is 1. The van der Waals surface area contributed by atoms with E-state index in [0.29, 0.717) is 24.0 Å². The number of aromatic nitrogens is 1. The zero-order valence-corrected chi connectivity index (χ0v) is 16.6. The van der Waals surface area contributed by atoms with Gasteiger partial charge in [-0.05, 0) is 44.7 Å². The van der Waals surface area contributed by atoms with Crippen LogP contribution in [0.25, 0.3) is 10.9 Å². The zero-order chi connectivity index (χ0) is 19.6. The highest BCUT2D eigenvalue weighted by molar-refractivity contribution is 7.85. The number of fused-ring (bicyclic) bond motifs is 1. The molecule has 0 N–H and O–H groups in total. The molecule has 1 fully saturated rings. The second-order valence-corrected chi connectivity index (χ2v) is 8.56. The maximum Gasteiger partial charge on any atom is 0.354 e. The summed E-state index contributed by atoms with van der Waals surface area (Å²) in [5, 5.41) is 0.882. The molecule has 3 rings (SSSR count). The molecule has 1 aromatic carbocycles. The summed E-state index contributed by atoms with van der Waals surface area (Å²) < 4.78 is 40.3. The summed E-state index contributed by atoms with van der Waals surface area (Å²) in [7, 11) is -3.53. The summed E-state index contributed by atoms with van der Waals surface area (Å²) in [5.41, 5.74) is 1.33. The van der Waals surface area contributed by atoms with Crippen molar-refractivity contribution in [3.63, 3.8) is 0 Å². The van der Waals surface area contributed by atoms with Crippen molar-refractivity contribution >= 4 is 27.0 Å². The van der Waals surface area contributed by atoms with Crippen molar-refractivity contribution in [2.45, 2.75) is 39.3 Å². The van der Waals surface area contributed by atoms with Crippen LogP contribution in [0.2, 0.25) is 0 Å². The van der Waals surface area contributed by atoms with E-state index in [1.165, 1.54) is 0 Å². The number of carbonyl (C=O) groups excluding carboxylic acids is 1. The molecule has 0 bridgehead atoms. The van der Waals surface area contributed by atoms with Gasteiger partial charge < -0.3 is 14.0 Å². The van der Waals surface area contributed by atoms with Gasteiger partial charge in [0.1, 0.15) is 24.2 Å². The van der Waals surface area contributed by atoms with Crippen LogP contribution in [-0.2, 0) is 25.6 Å². The second-order valence-electron chi connectivity index (χ2n) is 6.92. The Hall–Kier alpha value is -2.06. The minimum absolute atomic E-state index is 0.0801. The first kappa shape index (κ1) is 19.7. The minimum atomic E-state index is -3.53. The van der Waals surface area contributed by atoms with E-state index < -0.39 is 16.2 Å². The largest absolute Gasteiger partial charge is 0.486 e. The lowest BCUT2D eigenvalue weighted by Crippen LogP contribution is -2.22. The van der Waals surface area contributed by atoms with Crippen LogP contribution in [0.5, 0.6) is 5.75 Å². The summed E-state index contributed by atoms with van der Waals surface area (Å²) in [4.78, 5) is 12.4. The minimum Gasteiger partial charge on any atom is -0.486 e. The Bertz CT molecular complexity index is 929. The summed E-state index contributed by atoms with van der Waals surface area (Å²) in [6.07, 6.45) is 2.82. The van der Waals surface area contributed by atoms with Gasteiger partial charge >= 0.3 is 5.97 Å². The average Bonchev–Trinajstić information content (AvgIpc) is 3.32. The van der Waals surface area contributed by atoms with E-state index in [0.717, 1.165) is 36.5 Å². The number of para-hydroxylation sites is 1. The van der Waals surface area contributed by atoms with Gasteiger partial charge in [0.2, 0.25) is 0 Å². The number of hydrogen-bond acceptors (Lipinski definition) is 6. The lowest BCUT2D eigenvalue weighted by atomic mass is 10.2. The van der Waals surface area contributed by atoms with E-state index in [2.05, 4.69) is 0 Å². The first-order valence-corrected chi connectivity index (χ1v) is 10.9. The summed E-state index contributed by atoms with van der Waals surface area (Å²) in [6, 6.07) is 7.40. The van der Waals surface area contributed by atoms with Gasteiger partial charge in [-0.25, -0.2) is 4.79 Å². The van der Waals surface area contributed by atoms with Crippen LogP contribution < -0.4 is 4.74 Å². The Balaban J connectivity index is 1.94. The van der Waals surface area contributed by atoms with Gasteiger partial charge in [0.15, 0.2) is 0 Å². The van der Waals surface area contributed by atoms with Crippen molar-refractivity contribution in [2.75, 3.05) is 19.5 Å². The molecule has 0 unspecified atom stereocenters. The molecule has 0 spiro atoms. The molecule has 0 aliphatic heterocycles. The van der Waals surface area contributed by atoms with E-state index in [4.69, 9.17) is 13.7 Å². The standard InChI is InChI=1S/C19H25NO6S/c1-4-24-19(21)16-10-15-6-5-7-17(18(15)20(16)11-14-8-9-14)26-13(2)12-25-27(3,22)23/h5-7,10,13-14H,4,8-9,11-12H2,1-3H3/t13-/m1/s1. The van der Waals surface area contributed by atoms with Gasteiger partial charge in [0.25, 0.3) is 10.1 Å². The molecule has 1 heterocycles. The first-order chi connectivity index (χ1) is 12.8. The van der Waals surface area contributed by atoms with Gasteiger partial charge in [-0.15, -0.1) is 0 Å². The Kier molecular flexibility index (Phi) is 5.76. The summed E-state index contributed by atoms with van der Waals surface area (Å²) in [5.74, 6) is 0.787. The van der Waals surface area contributed by atoms with Crippen LogP contribution in [0, 0.1) is 5.92 Å². The number of rotatable bonds is 9. The molecular formula is C19H25NO6S. The lowest BCUT2D eigenvalue weighted by Gasteiger charge is -2.17. The fourth-order valence-corrected chi connectivity index (χ4v) is 3.42. The molecule has 0 amide bonds. The van der Waals surface area contributed by atoms with Gasteiger partial charge in [-0.2, -0.15) is 8.42 Å². The molecule has 1 aliphatic carbocycles. The normalized spacial score (nSPS) is 15.7. The predicted molar refractivity (Wildman–Crippen MR) is 102 cm³/mol. The lowest BCUT2D eigenvalue weighted by molar-refractivity contribution is 0.0514. The average molecular weight is 395 g/mol. The van der Waals surface area contributed by atoms with Crippen molar-refractivity contribution in [1.82, 2.24) is 4.57 Å². The Morgan fingerprint density at radius 1 is 1.33 bits per heavy atom. The van der Waals surface area contributed by atoms with Crippen molar-refractivity contribution in [3.8, 4) is 5.75 Å². The third-order valence-electron chi connectivity index (χ3n) is 4.35. The summed E-state index contributed by atoms with van der Waals surface area (Å²) in [6.45, 7) is 4.48. The Morgan fingerprint density at radius 3 is 2.70 bits per heavy atom. The van der Waals surface area contributed by atoms with Gasteiger partial charge in [0, 0.05) is 11.9 Å². The van der Waals surface area contributed by atoms with Crippen LogP contribution >= 0.6 is 0 Å². The molecule has 8 heteroatoms. The topological polar surface area (TPSA) is 83.8 Å². The number of benzene rings is 1. The maximum atomic E-state index is 12.4. The fraction of sp³-hybridized carbons (Fsp3) is 0.526. The van der Waals surface area contributed by atoms with Crippen LogP contribution in [0.15, 0.2) is 24.3 Å².